The average Bonchev–Trinajstić information content (AvgIpc) is 2.52. The smallest absolute Gasteiger partial charge is 0.0738 e. The minimum absolute atomic E-state index is 0.249. The molecule has 1 heterocycles. The minimum Gasteiger partial charge on any atom is -0.392 e. The van der Waals surface area contributed by atoms with E-state index in [4.69, 9.17) is 0 Å². The number of hydrogen-bond donors (Lipinski definition) is 2. The number of aromatic nitrogens is 3. The Morgan fingerprint density at radius 1 is 1.64 bits per heavy atom. The van der Waals surface area contributed by atoms with Crippen molar-refractivity contribution in [2.24, 2.45) is 7.05 Å². The summed E-state index contributed by atoms with van der Waals surface area (Å²) in [5.41, 5.74) is 1.02. The second-order valence-corrected chi connectivity index (χ2v) is 3.42. The molecule has 1 unspecified atom stereocenters. The molecule has 0 aliphatic heterocycles. The van der Waals surface area contributed by atoms with Crippen molar-refractivity contribution in [3.05, 3.63) is 11.9 Å². The van der Waals surface area contributed by atoms with E-state index >= 15 is 0 Å². The summed E-state index contributed by atoms with van der Waals surface area (Å²) < 4.78 is 1.72. The number of aliphatic hydroxyl groups is 1. The van der Waals surface area contributed by atoms with Gasteiger partial charge in [-0.1, -0.05) is 18.6 Å². The highest BCUT2D eigenvalue weighted by atomic mass is 16.3. The van der Waals surface area contributed by atoms with Crippen LogP contribution in [-0.4, -0.2) is 32.7 Å². The maximum Gasteiger partial charge on any atom is 0.0738 e. The van der Waals surface area contributed by atoms with Gasteiger partial charge in [0.2, 0.25) is 0 Å². The van der Waals surface area contributed by atoms with E-state index in [2.05, 4.69) is 22.6 Å². The zero-order valence-corrected chi connectivity index (χ0v) is 8.77. The fraction of sp³-hybridized carbons (Fsp3) is 0.778. The molecule has 2 N–H and O–H groups in total. The van der Waals surface area contributed by atoms with Crippen LogP contribution >= 0.6 is 0 Å². The lowest BCUT2D eigenvalue weighted by Gasteiger charge is -2.09. The summed E-state index contributed by atoms with van der Waals surface area (Å²) in [5, 5.41) is 20.2. The van der Waals surface area contributed by atoms with Crippen molar-refractivity contribution < 1.29 is 5.11 Å². The molecule has 1 atom stereocenters. The van der Waals surface area contributed by atoms with E-state index < -0.39 is 0 Å². The largest absolute Gasteiger partial charge is 0.392 e. The Morgan fingerprint density at radius 2 is 2.43 bits per heavy atom. The Bertz CT molecular complexity index is 261. The topological polar surface area (TPSA) is 63.0 Å². The number of nitrogens with zero attached hydrogens (tertiary/aromatic N) is 3. The lowest BCUT2D eigenvalue weighted by molar-refractivity contribution is 0.160. The molecule has 14 heavy (non-hydrogen) atoms. The molecule has 1 rings (SSSR count). The van der Waals surface area contributed by atoms with Crippen LogP contribution in [0.1, 0.15) is 25.5 Å². The van der Waals surface area contributed by atoms with E-state index in [1.54, 1.807) is 10.9 Å². The quantitative estimate of drug-likeness (QED) is 0.679. The van der Waals surface area contributed by atoms with Crippen LogP contribution in [0.3, 0.4) is 0 Å². The molecular formula is C9H18N4O. The molecule has 0 aliphatic rings. The van der Waals surface area contributed by atoms with E-state index in [0.717, 1.165) is 18.5 Å². The molecular weight excluding hydrogens is 180 g/mol. The molecule has 1 aromatic heterocycles. The molecule has 5 heteroatoms. The third kappa shape index (κ3) is 3.43. The molecule has 0 aromatic carbocycles. The zero-order chi connectivity index (χ0) is 10.4. The first-order chi connectivity index (χ1) is 6.74. The summed E-state index contributed by atoms with van der Waals surface area (Å²) in [6, 6.07) is 0. The minimum atomic E-state index is -0.249. The van der Waals surface area contributed by atoms with Gasteiger partial charge in [-0.05, 0) is 6.42 Å². The SMILES string of the molecule is CCCC(O)CNCc1cnnn1C. The van der Waals surface area contributed by atoms with Crippen LogP contribution < -0.4 is 5.32 Å². The van der Waals surface area contributed by atoms with Crippen molar-refractivity contribution in [2.45, 2.75) is 32.4 Å². The summed E-state index contributed by atoms with van der Waals surface area (Å²) in [6.07, 6.45) is 3.33. The second kappa shape index (κ2) is 5.72. The number of aryl methyl sites for hydroxylation is 1. The van der Waals surface area contributed by atoms with Crippen molar-refractivity contribution in [3.8, 4) is 0 Å². The van der Waals surface area contributed by atoms with Crippen molar-refractivity contribution >= 4 is 0 Å². The van der Waals surface area contributed by atoms with Crippen molar-refractivity contribution in [1.82, 2.24) is 20.3 Å². The highest BCUT2D eigenvalue weighted by molar-refractivity contribution is 4.92. The normalized spacial score (nSPS) is 13.1. The summed E-state index contributed by atoms with van der Waals surface area (Å²) in [4.78, 5) is 0. The molecule has 80 valence electrons. The van der Waals surface area contributed by atoms with Crippen LogP contribution in [0.25, 0.3) is 0 Å². The molecule has 0 spiro atoms. The van der Waals surface area contributed by atoms with Gasteiger partial charge < -0.3 is 10.4 Å². The Hall–Kier alpha value is -0.940. The summed E-state index contributed by atoms with van der Waals surface area (Å²) in [7, 11) is 1.85. The molecule has 0 saturated carbocycles. The van der Waals surface area contributed by atoms with E-state index in [0.29, 0.717) is 13.1 Å². The Labute approximate surface area is 84.1 Å². The first kappa shape index (κ1) is 11.1. The molecule has 0 saturated heterocycles. The van der Waals surface area contributed by atoms with Gasteiger partial charge in [-0.2, -0.15) is 0 Å². The first-order valence-corrected chi connectivity index (χ1v) is 4.96. The molecule has 5 nitrogen and oxygen atoms in total. The number of nitrogens with one attached hydrogen (secondary N) is 1. The molecule has 0 aliphatic carbocycles. The van der Waals surface area contributed by atoms with Crippen LogP contribution in [0.5, 0.6) is 0 Å². The van der Waals surface area contributed by atoms with Crippen molar-refractivity contribution in [3.63, 3.8) is 0 Å². The molecule has 0 amide bonds. The van der Waals surface area contributed by atoms with E-state index in [-0.39, 0.29) is 6.10 Å². The van der Waals surface area contributed by atoms with Crippen LogP contribution in [0.15, 0.2) is 6.20 Å². The van der Waals surface area contributed by atoms with Crippen molar-refractivity contribution in [1.29, 1.82) is 0 Å². The number of aliphatic hydroxyl groups excluding tert-OH is 1. The molecule has 0 fully saturated rings. The van der Waals surface area contributed by atoms with Gasteiger partial charge in [-0.15, -0.1) is 5.10 Å². The van der Waals surface area contributed by atoms with Crippen LogP contribution in [0, 0.1) is 0 Å². The van der Waals surface area contributed by atoms with Gasteiger partial charge in [-0.3, -0.25) is 4.68 Å². The number of rotatable bonds is 6. The average molecular weight is 198 g/mol. The fourth-order valence-electron chi connectivity index (χ4n) is 1.27. The van der Waals surface area contributed by atoms with Gasteiger partial charge >= 0.3 is 0 Å². The van der Waals surface area contributed by atoms with Gasteiger partial charge in [0.1, 0.15) is 0 Å². The van der Waals surface area contributed by atoms with E-state index in [1.165, 1.54) is 0 Å². The lowest BCUT2D eigenvalue weighted by Crippen LogP contribution is -2.26. The van der Waals surface area contributed by atoms with Gasteiger partial charge in [0.25, 0.3) is 0 Å². The highest BCUT2D eigenvalue weighted by Gasteiger charge is 2.03. The van der Waals surface area contributed by atoms with E-state index in [9.17, 15) is 5.11 Å². The summed E-state index contributed by atoms with van der Waals surface area (Å²) >= 11 is 0. The highest BCUT2D eigenvalue weighted by Crippen LogP contribution is 1.96. The van der Waals surface area contributed by atoms with Gasteiger partial charge in [-0.25, -0.2) is 0 Å². The van der Waals surface area contributed by atoms with Gasteiger partial charge in [0.15, 0.2) is 0 Å². The van der Waals surface area contributed by atoms with Crippen molar-refractivity contribution in [2.75, 3.05) is 6.54 Å². The molecule has 0 bridgehead atoms. The van der Waals surface area contributed by atoms with Crippen LogP contribution in [0.4, 0.5) is 0 Å². The van der Waals surface area contributed by atoms with E-state index in [1.807, 2.05) is 7.05 Å². The number of hydrogen-bond acceptors (Lipinski definition) is 4. The Kier molecular flexibility index (Phi) is 4.55. The maximum atomic E-state index is 9.45. The monoisotopic (exact) mass is 198 g/mol. The standard InChI is InChI=1S/C9H18N4O/c1-3-4-9(14)7-10-5-8-6-11-12-13(8)2/h6,9-10,14H,3-5,7H2,1-2H3. The Morgan fingerprint density at radius 3 is 3.00 bits per heavy atom. The summed E-state index contributed by atoms with van der Waals surface area (Å²) in [5.74, 6) is 0. The Balaban J connectivity index is 2.19. The predicted molar refractivity (Wildman–Crippen MR) is 53.6 cm³/mol. The van der Waals surface area contributed by atoms with Crippen LogP contribution in [-0.2, 0) is 13.6 Å². The first-order valence-electron chi connectivity index (χ1n) is 4.96. The van der Waals surface area contributed by atoms with Crippen LogP contribution in [0.2, 0.25) is 0 Å². The lowest BCUT2D eigenvalue weighted by atomic mass is 10.2. The summed E-state index contributed by atoms with van der Waals surface area (Å²) in [6.45, 7) is 3.39. The second-order valence-electron chi connectivity index (χ2n) is 3.42. The molecule has 1 aromatic rings. The molecule has 0 radical (unpaired) electrons. The fourth-order valence-corrected chi connectivity index (χ4v) is 1.27. The maximum absolute atomic E-state index is 9.45. The predicted octanol–water partition coefficient (Wildman–Crippen LogP) is 0.0657. The third-order valence-electron chi connectivity index (χ3n) is 2.12. The third-order valence-corrected chi connectivity index (χ3v) is 2.12. The van der Waals surface area contributed by atoms with Gasteiger partial charge in [0.05, 0.1) is 18.0 Å². The zero-order valence-electron chi connectivity index (χ0n) is 8.77. The van der Waals surface area contributed by atoms with Gasteiger partial charge in [0, 0.05) is 20.1 Å².